The summed E-state index contributed by atoms with van der Waals surface area (Å²) >= 11 is 4.63. The molecule has 0 saturated carbocycles. The SMILES string of the molecule is FC(F)(F)c1ccc(Sc2ccc(Br)cc2)nc1. The van der Waals surface area contributed by atoms with Crippen LogP contribution in [-0.2, 0) is 6.18 Å². The summed E-state index contributed by atoms with van der Waals surface area (Å²) in [6.07, 6.45) is -3.49. The van der Waals surface area contributed by atoms with E-state index in [2.05, 4.69) is 20.9 Å². The quantitative estimate of drug-likeness (QED) is 0.765. The standard InChI is InChI=1S/C12H7BrF3NS/c13-9-2-4-10(5-3-9)18-11-6-1-8(7-17-11)12(14,15)16/h1-7H. The van der Waals surface area contributed by atoms with E-state index in [0.717, 1.165) is 21.6 Å². The maximum absolute atomic E-state index is 12.3. The fourth-order valence-corrected chi connectivity index (χ4v) is 2.25. The van der Waals surface area contributed by atoms with Gasteiger partial charge in [0.25, 0.3) is 0 Å². The van der Waals surface area contributed by atoms with Gasteiger partial charge in [-0.2, -0.15) is 13.2 Å². The van der Waals surface area contributed by atoms with Crippen LogP contribution in [0.2, 0.25) is 0 Å². The summed E-state index contributed by atoms with van der Waals surface area (Å²) < 4.78 is 38.0. The molecule has 0 bridgehead atoms. The number of pyridine rings is 1. The van der Waals surface area contributed by atoms with Gasteiger partial charge in [-0.1, -0.05) is 27.7 Å². The Labute approximate surface area is 115 Å². The van der Waals surface area contributed by atoms with Crippen molar-refractivity contribution in [2.24, 2.45) is 0 Å². The van der Waals surface area contributed by atoms with Gasteiger partial charge in [-0.05, 0) is 36.4 Å². The van der Waals surface area contributed by atoms with E-state index in [1.54, 1.807) is 0 Å². The third kappa shape index (κ3) is 3.49. The predicted octanol–water partition coefficient (Wildman–Crippen LogP) is 5.01. The van der Waals surface area contributed by atoms with Gasteiger partial charge in [0.2, 0.25) is 0 Å². The molecule has 0 radical (unpaired) electrons. The molecule has 0 unspecified atom stereocenters. The van der Waals surface area contributed by atoms with Gasteiger partial charge in [0.1, 0.15) is 5.03 Å². The molecule has 0 N–H and O–H groups in total. The van der Waals surface area contributed by atoms with Crippen LogP contribution in [0.15, 0.2) is 57.0 Å². The molecule has 0 spiro atoms. The molecule has 0 aliphatic carbocycles. The van der Waals surface area contributed by atoms with Gasteiger partial charge in [0.05, 0.1) is 5.56 Å². The van der Waals surface area contributed by atoms with E-state index in [9.17, 15) is 13.2 Å². The molecule has 0 saturated heterocycles. The van der Waals surface area contributed by atoms with Gasteiger partial charge in [-0.3, -0.25) is 0 Å². The number of benzene rings is 1. The van der Waals surface area contributed by atoms with Crippen LogP contribution in [0.4, 0.5) is 13.2 Å². The molecule has 94 valence electrons. The molecule has 1 aromatic carbocycles. The Morgan fingerprint density at radius 2 is 1.67 bits per heavy atom. The normalized spacial score (nSPS) is 11.6. The molecular weight excluding hydrogens is 327 g/mol. The predicted molar refractivity (Wildman–Crippen MR) is 67.5 cm³/mol. The second kappa shape index (κ2) is 5.32. The lowest BCUT2D eigenvalue weighted by atomic mass is 10.3. The van der Waals surface area contributed by atoms with Crippen LogP contribution < -0.4 is 0 Å². The van der Waals surface area contributed by atoms with E-state index in [4.69, 9.17) is 0 Å². The summed E-state index contributed by atoms with van der Waals surface area (Å²) in [6, 6.07) is 9.88. The molecule has 2 aromatic rings. The van der Waals surface area contributed by atoms with Crippen molar-refractivity contribution in [1.29, 1.82) is 0 Å². The smallest absolute Gasteiger partial charge is 0.249 e. The van der Waals surface area contributed by atoms with Crippen LogP contribution in [0.1, 0.15) is 5.56 Å². The molecule has 1 heterocycles. The number of hydrogen-bond acceptors (Lipinski definition) is 2. The molecule has 1 aromatic heterocycles. The first-order valence-corrected chi connectivity index (χ1v) is 6.53. The Kier molecular flexibility index (Phi) is 3.97. The van der Waals surface area contributed by atoms with Crippen LogP contribution in [-0.4, -0.2) is 4.98 Å². The van der Waals surface area contributed by atoms with Crippen LogP contribution >= 0.6 is 27.7 Å². The van der Waals surface area contributed by atoms with E-state index in [-0.39, 0.29) is 0 Å². The first-order valence-electron chi connectivity index (χ1n) is 4.92. The third-order valence-corrected chi connectivity index (χ3v) is 3.59. The topological polar surface area (TPSA) is 12.9 Å². The lowest BCUT2D eigenvalue weighted by Gasteiger charge is -2.06. The first kappa shape index (κ1) is 13.4. The molecule has 0 aliphatic heterocycles. The van der Waals surface area contributed by atoms with Crippen molar-refractivity contribution in [2.45, 2.75) is 16.1 Å². The maximum Gasteiger partial charge on any atom is 0.417 e. The molecular formula is C12H7BrF3NS. The average molecular weight is 334 g/mol. The summed E-state index contributed by atoms with van der Waals surface area (Å²) in [6.45, 7) is 0. The van der Waals surface area contributed by atoms with Gasteiger partial charge in [-0.25, -0.2) is 4.98 Å². The van der Waals surface area contributed by atoms with Crippen LogP contribution in [0.5, 0.6) is 0 Å². The van der Waals surface area contributed by atoms with Crippen molar-refractivity contribution in [3.63, 3.8) is 0 Å². The molecule has 1 nitrogen and oxygen atoms in total. The maximum atomic E-state index is 12.3. The van der Waals surface area contributed by atoms with Crippen LogP contribution in [0, 0.1) is 0 Å². The minimum Gasteiger partial charge on any atom is -0.249 e. The molecule has 6 heteroatoms. The van der Waals surface area contributed by atoms with Crippen LogP contribution in [0.25, 0.3) is 0 Å². The van der Waals surface area contributed by atoms with Crippen LogP contribution in [0.3, 0.4) is 0 Å². The highest BCUT2D eigenvalue weighted by molar-refractivity contribution is 9.10. The molecule has 2 rings (SSSR count). The molecule has 0 amide bonds. The van der Waals surface area contributed by atoms with Gasteiger partial charge < -0.3 is 0 Å². The largest absolute Gasteiger partial charge is 0.417 e. The van der Waals surface area contributed by atoms with Crippen molar-refractivity contribution in [3.05, 3.63) is 52.6 Å². The highest BCUT2D eigenvalue weighted by atomic mass is 79.9. The Morgan fingerprint density at radius 1 is 1.00 bits per heavy atom. The summed E-state index contributed by atoms with van der Waals surface area (Å²) in [5, 5.41) is 0.533. The third-order valence-electron chi connectivity index (χ3n) is 2.10. The highest BCUT2D eigenvalue weighted by Gasteiger charge is 2.30. The highest BCUT2D eigenvalue weighted by Crippen LogP contribution is 2.31. The van der Waals surface area contributed by atoms with E-state index in [1.807, 2.05) is 24.3 Å². The van der Waals surface area contributed by atoms with E-state index >= 15 is 0 Å². The fourth-order valence-electron chi connectivity index (χ4n) is 1.23. The summed E-state index contributed by atoms with van der Waals surface area (Å²) in [4.78, 5) is 4.72. The second-order valence-corrected chi connectivity index (χ2v) is 5.45. The monoisotopic (exact) mass is 333 g/mol. The van der Waals surface area contributed by atoms with E-state index < -0.39 is 11.7 Å². The molecule has 0 fully saturated rings. The number of aromatic nitrogens is 1. The van der Waals surface area contributed by atoms with Gasteiger partial charge in [-0.15, -0.1) is 0 Å². The second-order valence-electron chi connectivity index (χ2n) is 3.44. The van der Waals surface area contributed by atoms with E-state index in [0.29, 0.717) is 5.03 Å². The molecule has 0 aliphatic rings. The Morgan fingerprint density at radius 3 is 2.17 bits per heavy atom. The van der Waals surface area contributed by atoms with Crippen molar-refractivity contribution in [1.82, 2.24) is 4.98 Å². The fraction of sp³-hybridized carbons (Fsp3) is 0.0833. The molecule has 18 heavy (non-hydrogen) atoms. The van der Waals surface area contributed by atoms with E-state index in [1.165, 1.54) is 17.8 Å². The summed E-state index contributed by atoms with van der Waals surface area (Å²) in [7, 11) is 0. The zero-order valence-corrected chi connectivity index (χ0v) is 11.3. The minimum absolute atomic E-state index is 0.533. The van der Waals surface area contributed by atoms with Crippen molar-refractivity contribution in [3.8, 4) is 0 Å². The zero-order valence-electron chi connectivity index (χ0n) is 8.91. The molecule has 0 atom stereocenters. The zero-order chi connectivity index (χ0) is 13.2. The van der Waals surface area contributed by atoms with Crippen molar-refractivity contribution in [2.75, 3.05) is 0 Å². The minimum atomic E-state index is -4.34. The number of alkyl halides is 3. The average Bonchev–Trinajstić information content (AvgIpc) is 2.32. The Bertz CT molecular complexity index is 523. The van der Waals surface area contributed by atoms with Crippen molar-refractivity contribution < 1.29 is 13.2 Å². The lowest BCUT2D eigenvalue weighted by Crippen LogP contribution is -2.04. The number of rotatable bonds is 2. The van der Waals surface area contributed by atoms with Gasteiger partial charge >= 0.3 is 6.18 Å². The number of nitrogens with zero attached hydrogens (tertiary/aromatic N) is 1. The van der Waals surface area contributed by atoms with Gasteiger partial charge in [0.15, 0.2) is 0 Å². The summed E-state index contributed by atoms with van der Waals surface area (Å²) in [5.74, 6) is 0. The Hall–Kier alpha value is -1.01. The lowest BCUT2D eigenvalue weighted by molar-refractivity contribution is -0.137. The number of halogens is 4. The summed E-state index contributed by atoms with van der Waals surface area (Å²) in [5.41, 5.74) is -0.734. The number of hydrogen-bond donors (Lipinski definition) is 0. The Balaban J connectivity index is 2.13. The van der Waals surface area contributed by atoms with Crippen molar-refractivity contribution >= 4 is 27.7 Å². The first-order chi connectivity index (χ1) is 8.45. The van der Waals surface area contributed by atoms with Gasteiger partial charge in [0, 0.05) is 15.6 Å².